The van der Waals surface area contributed by atoms with E-state index in [1.807, 2.05) is 12.1 Å². The molecule has 2 amide bonds. The van der Waals surface area contributed by atoms with Gasteiger partial charge in [0.1, 0.15) is 11.4 Å². The topological polar surface area (TPSA) is 109 Å². The van der Waals surface area contributed by atoms with Gasteiger partial charge in [-0.1, -0.05) is 45.0 Å². The van der Waals surface area contributed by atoms with Gasteiger partial charge >= 0.3 is 35.7 Å². The molecule has 0 bridgehead atoms. The summed E-state index contributed by atoms with van der Waals surface area (Å²) in [5, 5.41) is 2.65. The van der Waals surface area contributed by atoms with Crippen LogP contribution < -0.4 is 34.9 Å². The Balaban J connectivity index is 0.00000308. The molecule has 222 valence electrons. The molecule has 11 heteroatoms. The number of carbonyl (C=O) groups is 2. The normalized spacial score (nSPS) is 20.4. The predicted octanol–water partition coefficient (Wildman–Crippen LogP) is 2.57. The number of rotatable bonds is 8. The zero-order chi connectivity index (χ0) is 29.1. The number of alkyl halides is 3. The van der Waals surface area contributed by atoms with Gasteiger partial charge in [0.15, 0.2) is 0 Å². The summed E-state index contributed by atoms with van der Waals surface area (Å²) < 4.78 is 40.3. The molecule has 1 aliphatic heterocycles. The minimum atomic E-state index is -4.52. The van der Waals surface area contributed by atoms with Crippen LogP contribution in [0.1, 0.15) is 79.9 Å². The Labute approximate surface area is 266 Å². The largest absolute Gasteiger partial charge is 1.00 e. The fourth-order valence-corrected chi connectivity index (χ4v) is 5.69. The predicted molar refractivity (Wildman–Crippen MR) is 149 cm³/mol. The van der Waals surface area contributed by atoms with Crippen molar-refractivity contribution in [2.75, 3.05) is 13.1 Å². The van der Waals surface area contributed by atoms with Crippen LogP contribution in [0.15, 0.2) is 53.5 Å². The number of nitrogens with one attached hydrogen (secondary N) is 1. The van der Waals surface area contributed by atoms with E-state index >= 15 is 0 Å². The third-order valence-electron chi connectivity index (χ3n) is 8.10. The third-order valence-corrected chi connectivity index (χ3v) is 8.10. The molecule has 0 aromatic heterocycles. The van der Waals surface area contributed by atoms with Crippen molar-refractivity contribution in [3.63, 3.8) is 0 Å². The molecule has 42 heavy (non-hydrogen) atoms. The van der Waals surface area contributed by atoms with Crippen LogP contribution in [0.2, 0.25) is 0 Å². The minimum absolute atomic E-state index is 0. The molecule has 0 unspecified atom stereocenters. The van der Waals surface area contributed by atoms with Crippen molar-refractivity contribution in [3.05, 3.63) is 70.8 Å². The fraction of sp³-hybridized carbons (Fsp3) is 0.484. The van der Waals surface area contributed by atoms with Crippen molar-refractivity contribution in [1.29, 1.82) is 0 Å². The SMILES string of the molecule is CC(C)(C)C1CCC2(CC1)N=C(c1cccc(C(F)(F)F)c1)C(=O)N2CCc1ccc(C(=O)NCC[C-]=O)cc1.[Na+].[OH-]. The molecule has 2 aromatic rings. The van der Waals surface area contributed by atoms with E-state index in [1.54, 1.807) is 23.3 Å². The van der Waals surface area contributed by atoms with Crippen LogP contribution in [0, 0.1) is 11.3 Å². The molecule has 1 fully saturated rings. The van der Waals surface area contributed by atoms with Gasteiger partial charge in [-0.15, -0.1) is 6.42 Å². The maximum atomic E-state index is 13.7. The summed E-state index contributed by atoms with van der Waals surface area (Å²) in [5.41, 5.74) is 0.163. The van der Waals surface area contributed by atoms with Gasteiger partial charge in [0, 0.05) is 17.7 Å². The maximum Gasteiger partial charge on any atom is 1.00 e. The number of aliphatic imine (C=N–C) groups is 1. The van der Waals surface area contributed by atoms with E-state index in [0.717, 1.165) is 30.5 Å². The number of nitrogens with zero attached hydrogens (tertiary/aromatic N) is 2. The van der Waals surface area contributed by atoms with Crippen LogP contribution in [-0.2, 0) is 22.2 Å². The van der Waals surface area contributed by atoms with E-state index in [-0.39, 0.29) is 76.5 Å². The molecule has 0 saturated heterocycles. The van der Waals surface area contributed by atoms with Crippen molar-refractivity contribution >= 4 is 23.8 Å². The van der Waals surface area contributed by atoms with Gasteiger partial charge in [-0.3, -0.25) is 20.9 Å². The van der Waals surface area contributed by atoms with Crippen LogP contribution in [0.5, 0.6) is 0 Å². The average Bonchev–Trinajstić information content (AvgIpc) is 3.17. The summed E-state index contributed by atoms with van der Waals surface area (Å²) >= 11 is 0. The first kappa shape index (κ1) is 35.7. The van der Waals surface area contributed by atoms with E-state index in [4.69, 9.17) is 4.99 Å². The van der Waals surface area contributed by atoms with Crippen molar-refractivity contribution < 1.29 is 62.6 Å². The molecule has 1 saturated carbocycles. The minimum Gasteiger partial charge on any atom is -0.870 e. The smallest absolute Gasteiger partial charge is 0.870 e. The van der Waals surface area contributed by atoms with Crippen LogP contribution in [0.25, 0.3) is 0 Å². The van der Waals surface area contributed by atoms with Crippen molar-refractivity contribution in [2.24, 2.45) is 16.3 Å². The van der Waals surface area contributed by atoms with Crippen LogP contribution in [0.4, 0.5) is 13.2 Å². The van der Waals surface area contributed by atoms with Gasteiger partial charge in [0.2, 0.25) is 0 Å². The maximum absolute atomic E-state index is 13.7. The van der Waals surface area contributed by atoms with E-state index in [1.165, 1.54) is 12.1 Å². The Morgan fingerprint density at radius 3 is 2.31 bits per heavy atom. The van der Waals surface area contributed by atoms with Crippen LogP contribution in [0.3, 0.4) is 0 Å². The molecule has 1 aliphatic carbocycles. The fourth-order valence-electron chi connectivity index (χ4n) is 5.69. The van der Waals surface area contributed by atoms with Gasteiger partial charge in [0.25, 0.3) is 11.8 Å². The number of halogens is 3. The van der Waals surface area contributed by atoms with Gasteiger partial charge in [0.05, 0.1) is 5.56 Å². The summed E-state index contributed by atoms with van der Waals surface area (Å²) in [7, 11) is 0. The third kappa shape index (κ3) is 8.09. The molecule has 0 radical (unpaired) electrons. The van der Waals surface area contributed by atoms with Crippen LogP contribution in [-0.4, -0.2) is 52.9 Å². The molecule has 2 N–H and O–H groups in total. The van der Waals surface area contributed by atoms with Crippen molar-refractivity contribution in [3.8, 4) is 0 Å². The number of hydrogen-bond acceptors (Lipinski definition) is 5. The van der Waals surface area contributed by atoms with Gasteiger partial charge in [-0.2, -0.15) is 13.2 Å². The first-order chi connectivity index (χ1) is 18.8. The van der Waals surface area contributed by atoms with E-state index < -0.39 is 17.4 Å². The number of amides is 2. The van der Waals surface area contributed by atoms with E-state index in [9.17, 15) is 27.6 Å². The number of hydrogen-bond donors (Lipinski definition) is 1. The van der Waals surface area contributed by atoms with Gasteiger partial charge in [-0.05, 0) is 79.8 Å². The van der Waals surface area contributed by atoms with Crippen molar-refractivity contribution in [1.82, 2.24) is 10.2 Å². The zero-order valence-corrected chi connectivity index (χ0v) is 26.6. The molecular formula is C31H36F3N3NaO4-. The molecule has 1 spiro atoms. The second-order valence-corrected chi connectivity index (χ2v) is 11.7. The van der Waals surface area contributed by atoms with Gasteiger partial charge < -0.3 is 20.5 Å². The summed E-state index contributed by atoms with van der Waals surface area (Å²) in [4.78, 5) is 42.9. The van der Waals surface area contributed by atoms with Crippen molar-refractivity contribution in [2.45, 2.75) is 71.1 Å². The molecule has 2 aliphatic rings. The quantitative estimate of drug-likeness (QED) is 0.288. The Kier molecular flexibility index (Phi) is 12.1. The van der Waals surface area contributed by atoms with Gasteiger partial charge in [-0.25, -0.2) is 0 Å². The summed E-state index contributed by atoms with van der Waals surface area (Å²) in [5.74, 6) is -0.173. The summed E-state index contributed by atoms with van der Waals surface area (Å²) in [6.45, 7) is 7.18. The second-order valence-electron chi connectivity index (χ2n) is 11.7. The Morgan fingerprint density at radius 1 is 1.10 bits per heavy atom. The molecule has 0 atom stereocenters. The Bertz CT molecular complexity index is 1280. The number of carbonyl (C=O) groups excluding carboxylic acids is 3. The first-order valence-electron chi connectivity index (χ1n) is 13.7. The molecule has 7 nitrogen and oxygen atoms in total. The summed E-state index contributed by atoms with van der Waals surface area (Å²) in [6.07, 6.45) is 0.892. The Morgan fingerprint density at radius 2 is 1.74 bits per heavy atom. The second kappa shape index (κ2) is 14.3. The number of benzene rings is 2. The molecular weight excluding hydrogens is 558 g/mol. The molecule has 2 aromatic carbocycles. The monoisotopic (exact) mass is 594 g/mol. The first-order valence-corrected chi connectivity index (χ1v) is 13.7. The zero-order valence-electron chi connectivity index (χ0n) is 24.6. The van der Waals surface area contributed by atoms with E-state index in [2.05, 4.69) is 26.1 Å². The average molecular weight is 595 g/mol. The van der Waals surface area contributed by atoms with Crippen LogP contribution >= 0.6 is 0 Å². The molecule has 1 heterocycles. The molecule has 4 rings (SSSR count). The summed E-state index contributed by atoms with van der Waals surface area (Å²) in [6, 6.07) is 11.8. The standard InChI is InChI=1S/C31H35F3N3O3.Na.H2O/c1-29(2,3)24-12-15-30(16-13-24)36-26(23-6-4-7-25(20-23)31(32,33)34)28(40)37(30)18-14-21-8-10-22(11-9-21)27(39)35-17-5-19-38;;/h4,6-11,20,24H,5,12-18H2,1-3H3,(H,35,39);;1H2/q-1;+1;/p-1. The Hall–Kier alpha value is -2.53. The van der Waals surface area contributed by atoms with E-state index in [0.29, 0.717) is 37.3 Å².